The fourth-order valence-electron chi connectivity index (χ4n) is 4.42. The molecule has 7 nitrogen and oxygen atoms in total. The van der Waals surface area contributed by atoms with Crippen molar-refractivity contribution in [3.05, 3.63) is 107 Å². The number of allylic oxidation sites excluding steroid dienone is 1. The number of carbonyl (C=O) groups excluding carboxylic acids is 1. The first-order chi connectivity index (χ1) is 17.6. The van der Waals surface area contributed by atoms with Crippen LogP contribution in [0.25, 0.3) is 17.0 Å². The molecule has 0 fully saturated rings. The number of urea groups is 1. The molecule has 36 heavy (non-hydrogen) atoms. The Hall–Kier alpha value is -4.39. The molecule has 7 heteroatoms. The minimum Gasteiger partial charge on any atom is -0.497 e. The Kier molecular flexibility index (Phi) is 6.54. The van der Waals surface area contributed by atoms with Gasteiger partial charge < -0.3 is 14.6 Å². The number of nitrogens with zero attached hydrogens (tertiary/aromatic N) is 3. The first-order valence-corrected chi connectivity index (χ1v) is 12.0. The van der Waals surface area contributed by atoms with Gasteiger partial charge in [0.25, 0.3) is 5.89 Å². The molecule has 1 N–H and O–H groups in total. The summed E-state index contributed by atoms with van der Waals surface area (Å²) in [5, 5.41) is 7.42. The van der Waals surface area contributed by atoms with E-state index in [1.165, 1.54) is 5.56 Å². The summed E-state index contributed by atoms with van der Waals surface area (Å²) in [6.07, 6.45) is 0.942. The van der Waals surface area contributed by atoms with E-state index in [0.717, 1.165) is 34.4 Å². The van der Waals surface area contributed by atoms with Gasteiger partial charge in [0.2, 0.25) is 5.82 Å². The van der Waals surface area contributed by atoms with Crippen molar-refractivity contribution in [3.8, 4) is 17.1 Å². The fraction of sp³-hybridized carbons (Fsp3) is 0.207. The molecule has 0 saturated heterocycles. The van der Waals surface area contributed by atoms with Crippen LogP contribution in [0.4, 0.5) is 4.79 Å². The van der Waals surface area contributed by atoms with E-state index in [0.29, 0.717) is 24.0 Å². The summed E-state index contributed by atoms with van der Waals surface area (Å²) in [5.41, 5.74) is 5.54. The van der Waals surface area contributed by atoms with Crippen LogP contribution in [0.5, 0.6) is 5.75 Å². The van der Waals surface area contributed by atoms with Gasteiger partial charge in [-0.2, -0.15) is 4.98 Å². The lowest BCUT2D eigenvalue weighted by atomic mass is 9.93. The zero-order chi connectivity index (χ0) is 25.1. The van der Waals surface area contributed by atoms with Crippen LogP contribution in [0.1, 0.15) is 42.5 Å². The number of rotatable bonds is 7. The second-order valence-electron chi connectivity index (χ2n) is 8.70. The summed E-state index contributed by atoms with van der Waals surface area (Å²) in [4.78, 5) is 19.7. The molecule has 5 rings (SSSR count). The number of carbonyl (C=O) groups is 1. The average molecular weight is 481 g/mol. The molecule has 1 unspecified atom stereocenters. The van der Waals surface area contributed by atoms with Gasteiger partial charge in [-0.25, -0.2) is 4.79 Å². The quantitative estimate of drug-likeness (QED) is 0.351. The summed E-state index contributed by atoms with van der Waals surface area (Å²) in [6, 6.07) is 25.1. The summed E-state index contributed by atoms with van der Waals surface area (Å²) in [7, 11) is 1.62. The van der Waals surface area contributed by atoms with Crippen LogP contribution in [0.2, 0.25) is 0 Å². The predicted molar refractivity (Wildman–Crippen MR) is 138 cm³/mol. The van der Waals surface area contributed by atoms with Gasteiger partial charge in [0.1, 0.15) is 5.75 Å². The highest BCUT2D eigenvalue weighted by molar-refractivity contribution is 5.86. The lowest BCUT2D eigenvalue weighted by Crippen LogP contribution is -2.45. The molecule has 1 aliphatic rings. The Labute approximate surface area is 210 Å². The van der Waals surface area contributed by atoms with Gasteiger partial charge in [0, 0.05) is 11.3 Å². The van der Waals surface area contributed by atoms with Crippen molar-refractivity contribution in [3.63, 3.8) is 0 Å². The van der Waals surface area contributed by atoms with Gasteiger partial charge in [-0.05, 0) is 42.2 Å². The van der Waals surface area contributed by atoms with Crippen molar-refractivity contribution in [1.29, 1.82) is 0 Å². The number of benzene rings is 3. The Bertz CT molecular complexity index is 1390. The second-order valence-corrected chi connectivity index (χ2v) is 8.70. The summed E-state index contributed by atoms with van der Waals surface area (Å²) in [5.74, 6) is 1.53. The number of amides is 2. The minimum atomic E-state index is -0.422. The Morgan fingerprint density at radius 3 is 2.50 bits per heavy atom. The number of aryl methyl sites for hydroxylation is 1. The molecular formula is C29H28N4O3. The molecule has 0 spiro atoms. The number of nitrogens with one attached hydrogen (secondary N) is 1. The van der Waals surface area contributed by atoms with Crippen LogP contribution in [-0.4, -0.2) is 28.2 Å². The monoisotopic (exact) mass is 480 g/mol. The highest BCUT2D eigenvalue weighted by Gasteiger charge is 2.35. The van der Waals surface area contributed by atoms with Crippen molar-refractivity contribution in [1.82, 2.24) is 20.4 Å². The van der Waals surface area contributed by atoms with Gasteiger partial charge in [-0.15, -0.1) is 0 Å². The van der Waals surface area contributed by atoms with Crippen molar-refractivity contribution < 1.29 is 14.1 Å². The smallest absolute Gasteiger partial charge is 0.322 e. The third kappa shape index (κ3) is 4.60. The van der Waals surface area contributed by atoms with Crippen LogP contribution in [0.3, 0.4) is 0 Å². The van der Waals surface area contributed by atoms with Gasteiger partial charge in [0.05, 0.1) is 25.3 Å². The highest BCUT2D eigenvalue weighted by Crippen LogP contribution is 2.38. The molecule has 2 amide bonds. The highest BCUT2D eigenvalue weighted by atomic mass is 16.5. The molecule has 0 bridgehead atoms. The number of methoxy groups -OCH3 is 1. The lowest BCUT2D eigenvalue weighted by Gasteiger charge is -2.35. The Morgan fingerprint density at radius 1 is 1.00 bits per heavy atom. The molecule has 4 aromatic rings. The summed E-state index contributed by atoms with van der Waals surface area (Å²) >= 11 is 0. The fourth-order valence-corrected chi connectivity index (χ4v) is 4.42. The maximum Gasteiger partial charge on any atom is 0.322 e. The third-order valence-corrected chi connectivity index (χ3v) is 6.49. The molecule has 3 aromatic carbocycles. The van der Waals surface area contributed by atoms with E-state index in [2.05, 4.69) is 29.5 Å². The van der Waals surface area contributed by atoms with Crippen LogP contribution >= 0.6 is 0 Å². The van der Waals surface area contributed by atoms with E-state index in [1.54, 1.807) is 12.0 Å². The zero-order valence-corrected chi connectivity index (χ0v) is 20.6. The number of hydrogen-bond acceptors (Lipinski definition) is 5. The first kappa shape index (κ1) is 23.4. The zero-order valence-electron chi connectivity index (χ0n) is 20.6. The molecule has 1 atom stereocenters. The Morgan fingerprint density at radius 2 is 1.78 bits per heavy atom. The predicted octanol–water partition coefficient (Wildman–Crippen LogP) is 6.01. The average Bonchev–Trinajstić information content (AvgIpc) is 3.41. The van der Waals surface area contributed by atoms with Gasteiger partial charge in [0.15, 0.2) is 0 Å². The Balaban J connectivity index is 1.59. The van der Waals surface area contributed by atoms with Gasteiger partial charge >= 0.3 is 6.03 Å². The molecule has 1 aliphatic heterocycles. The summed E-state index contributed by atoms with van der Waals surface area (Å²) in [6.45, 7) is 4.48. The maximum absolute atomic E-state index is 13.3. The molecule has 0 aliphatic carbocycles. The van der Waals surface area contributed by atoms with Crippen molar-refractivity contribution in [2.45, 2.75) is 32.9 Å². The second kappa shape index (κ2) is 10.1. The SMILES string of the molecule is CCc1ccc(C2NC(=O)N(Cc3ccccc3)C(C)=C2c2nc(-c3cccc(OC)c3)no2)cc1. The van der Waals surface area contributed by atoms with E-state index in [4.69, 9.17) is 14.2 Å². The number of hydrogen-bond donors (Lipinski definition) is 1. The van der Waals surface area contributed by atoms with Crippen molar-refractivity contribution in [2.24, 2.45) is 0 Å². The number of aromatic nitrogens is 2. The maximum atomic E-state index is 13.3. The van der Waals surface area contributed by atoms with Crippen molar-refractivity contribution >= 4 is 11.6 Å². The van der Waals surface area contributed by atoms with Crippen LogP contribution in [0.15, 0.2) is 89.1 Å². The lowest BCUT2D eigenvalue weighted by molar-refractivity contribution is 0.203. The topological polar surface area (TPSA) is 80.5 Å². The molecule has 1 aromatic heterocycles. The van der Waals surface area contributed by atoms with E-state index in [1.807, 2.05) is 73.7 Å². The van der Waals surface area contributed by atoms with Crippen LogP contribution < -0.4 is 10.1 Å². The first-order valence-electron chi connectivity index (χ1n) is 12.0. The molecular weight excluding hydrogens is 452 g/mol. The normalized spacial score (nSPS) is 15.7. The van der Waals surface area contributed by atoms with E-state index < -0.39 is 6.04 Å². The molecule has 2 heterocycles. The third-order valence-electron chi connectivity index (χ3n) is 6.49. The molecule has 0 saturated carbocycles. The van der Waals surface area contributed by atoms with Crippen LogP contribution in [0, 0.1) is 0 Å². The van der Waals surface area contributed by atoms with Gasteiger partial charge in [-0.1, -0.05) is 78.8 Å². The van der Waals surface area contributed by atoms with E-state index >= 15 is 0 Å². The van der Waals surface area contributed by atoms with Crippen molar-refractivity contribution in [2.75, 3.05) is 7.11 Å². The standard InChI is InChI=1S/C29H28N4O3/c1-4-20-13-15-22(16-14-20)26-25(19(2)33(29(34)30-26)18-21-9-6-5-7-10-21)28-31-27(32-36-28)23-11-8-12-24(17-23)35-3/h5-17,26H,4,18H2,1-3H3,(H,30,34). The van der Waals surface area contributed by atoms with E-state index in [-0.39, 0.29) is 6.03 Å². The minimum absolute atomic E-state index is 0.169. The molecule has 182 valence electrons. The van der Waals surface area contributed by atoms with E-state index in [9.17, 15) is 4.79 Å². The number of ether oxygens (including phenoxy) is 1. The molecule has 0 radical (unpaired) electrons. The van der Waals surface area contributed by atoms with Gasteiger partial charge in [-0.3, -0.25) is 4.90 Å². The summed E-state index contributed by atoms with van der Waals surface area (Å²) < 4.78 is 11.1. The largest absolute Gasteiger partial charge is 0.497 e. The van der Waals surface area contributed by atoms with Crippen LogP contribution in [-0.2, 0) is 13.0 Å².